The molecule has 2 saturated heterocycles. The van der Waals surface area contributed by atoms with Gasteiger partial charge >= 0.3 is 5.69 Å². The summed E-state index contributed by atoms with van der Waals surface area (Å²) in [7, 11) is 1.65. The lowest BCUT2D eigenvalue weighted by Gasteiger charge is -2.53. The van der Waals surface area contributed by atoms with E-state index in [1.807, 2.05) is 7.05 Å². The number of sulfonamides is 1. The Morgan fingerprint density at radius 2 is 1.82 bits per heavy atom. The van der Waals surface area contributed by atoms with E-state index in [0.29, 0.717) is 30.5 Å². The molecule has 1 aromatic heterocycles. The molecular weight excluding hydrogens is 380 g/mol. The van der Waals surface area contributed by atoms with Crippen LogP contribution >= 0.6 is 0 Å². The molecule has 0 amide bonds. The third-order valence-electron chi connectivity index (χ3n) is 6.86. The molecule has 3 heterocycles. The number of aromatic nitrogens is 2. The monoisotopic (exact) mass is 408 g/mol. The van der Waals surface area contributed by atoms with Crippen LogP contribution in [0.4, 0.5) is 0 Å². The lowest BCUT2D eigenvalue weighted by atomic mass is 9.69. The number of likely N-dealkylation sites (N-methyl/N-ethyl adjacent to an activating group) is 1. The third kappa shape index (κ3) is 2.75. The van der Waals surface area contributed by atoms with Crippen LogP contribution < -0.4 is 5.69 Å². The van der Waals surface area contributed by atoms with E-state index in [1.54, 1.807) is 32.3 Å². The second-order valence-corrected chi connectivity index (χ2v) is 10.2. The molecule has 0 saturated carbocycles. The van der Waals surface area contributed by atoms with Gasteiger partial charge < -0.3 is 10.0 Å². The lowest BCUT2D eigenvalue weighted by molar-refractivity contribution is -0.0508. The number of piperidine rings is 2. The van der Waals surface area contributed by atoms with Crippen LogP contribution in [-0.4, -0.2) is 71.2 Å². The van der Waals surface area contributed by atoms with Gasteiger partial charge in [0.1, 0.15) is 0 Å². The molecule has 9 heteroatoms. The van der Waals surface area contributed by atoms with Gasteiger partial charge in [-0.2, -0.15) is 4.31 Å². The first-order chi connectivity index (χ1) is 13.2. The topological polar surface area (TPSA) is 87.8 Å². The minimum absolute atomic E-state index is 0.0135. The molecule has 0 radical (unpaired) electrons. The molecule has 1 aromatic carbocycles. The molecule has 8 nitrogen and oxygen atoms in total. The van der Waals surface area contributed by atoms with E-state index in [4.69, 9.17) is 0 Å². The quantitative estimate of drug-likeness (QED) is 0.792. The first kappa shape index (κ1) is 19.6. The minimum Gasteiger partial charge on any atom is -0.396 e. The Hall–Kier alpha value is -1.68. The van der Waals surface area contributed by atoms with Crippen LogP contribution in [0.25, 0.3) is 11.0 Å². The summed E-state index contributed by atoms with van der Waals surface area (Å²) in [6.45, 7) is 1.79. The SMILES string of the molecule is CN1CCC[C@]2(CO)CCN(S(=O)(=O)c3ccc4c(c3)n(C)c(=O)n4C)C[C@@H]12. The Labute approximate surface area is 165 Å². The highest BCUT2D eigenvalue weighted by molar-refractivity contribution is 7.89. The number of hydrogen-bond acceptors (Lipinski definition) is 5. The van der Waals surface area contributed by atoms with Crippen molar-refractivity contribution in [2.75, 3.05) is 33.3 Å². The van der Waals surface area contributed by atoms with Crippen molar-refractivity contribution < 1.29 is 13.5 Å². The number of hydrogen-bond donors (Lipinski definition) is 1. The molecule has 0 bridgehead atoms. The largest absolute Gasteiger partial charge is 0.396 e. The van der Waals surface area contributed by atoms with Gasteiger partial charge in [0.15, 0.2) is 0 Å². The molecule has 2 aliphatic rings. The Balaban J connectivity index is 1.70. The first-order valence-electron chi connectivity index (χ1n) is 9.68. The van der Waals surface area contributed by atoms with Crippen molar-refractivity contribution in [2.45, 2.75) is 30.2 Å². The molecule has 2 atom stereocenters. The van der Waals surface area contributed by atoms with Crippen LogP contribution in [0.2, 0.25) is 0 Å². The Bertz CT molecular complexity index is 1070. The number of aliphatic hydroxyl groups is 1. The summed E-state index contributed by atoms with van der Waals surface area (Å²) < 4.78 is 31.2. The highest BCUT2D eigenvalue weighted by Gasteiger charge is 2.48. The normalized spacial score (nSPS) is 27.2. The van der Waals surface area contributed by atoms with Crippen LogP contribution in [0.3, 0.4) is 0 Å². The summed E-state index contributed by atoms with van der Waals surface area (Å²) in [5, 5.41) is 10.0. The summed E-state index contributed by atoms with van der Waals surface area (Å²) in [5.74, 6) is 0. The second-order valence-electron chi connectivity index (χ2n) is 8.28. The number of aryl methyl sites for hydroxylation is 2. The van der Waals surface area contributed by atoms with E-state index in [9.17, 15) is 18.3 Å². The van der Waals surface area contributed by atoms with Gasteiger partial charge in [-0.25, -0.2) is 13.2 Å². The van der Waals surface area contributed by atoms with Crippen molar-refractivity contribution in [3.05, 3.63) is 28.7 Å². The smallest absolute Gasteiger partial charge is 0.328 e. The Morgan fingerprint density at radius 1 is 1.11 bits per heavy atom. The summed E-state index contributed by atoms with van der Waals surface area (Å²) in [4.78, 5) is 14.5. The van der Waals surface area contributed by atoms with Gasteiger partial charge in [-0.1, -0.05) is 0 Å². The molecule has 0 aliphatic carbocycles. The number of imidazole rings is 1. The van der Waals surface area contributed by atoms with Gasteiger partial charge in [-0.15, -0.1) is 0 Å². The van der Waals surface area contributed by atoms with Crippen molar-refractivity contribution in [3.63, 3.8) is 0 Å². The Morgan fingerprint density at radius 3 is 2.54 bits per heavy atom. The van der Waals surface area contributed by atoms with Crippen LogP contribution in [0, 0.1) is 5.41 Å². The Kier molecular flexibility index (Phi) is 4.69. The van der Waals surface area contributed by atoms with Crippen molar-refractivity contribution in [3.8, 4) is 0 Å². The van der Waals surface area contributed by atoms with E-state index < -0.39 is 10.0 Å². The van der Waals surface area contributed by atoms with E-state index in [0.717, 1.165) is 19.4 Å². The van der Waals surface area contributed by atoms with Gasteiger partial charge in [-0.05, 0) is 51.1 Å². The fraction of sp³-hybridized carbons (Fsp3) is 0.632. The average Bonchev–Trinajstić information content (AvgIpc) is 2.91. The molecule has 4 rings (SSSR count). The van der Waals surface area contributed by atoms with E-state index >= 15 is 0 Å². The minimum atomic E-state index is -3.68. The van der Waals surface area contributed by atoms with E-state index in [1.165, 1.54) is 13.4 Å². The zero-order valence-electron chi connectivity index (χ0n) is 16.6. The number of likely N-dealkylation sites (tertiary alicyclic amines) is 1. The third-order valence-corrected chi connectivity index (χ3v) is 8.72. The van der Waals surface area contributed by atoms with Gasteiger partial charge in [0.05, 0.1) is 22.5 Å². The van der Waals surface area contributed by atoms with Crippen LogP contribution in [-0.2, 0) is 24.1 Å². The maximum Gasteiger partial charge on any atom is 0.328 e. The highest BCUT2D eigenvalue weighted by Crippen LogP contribution is 2.42. The van der Waals surface area contributed by atoms with Crippen molar-refractivity contribution in [2.24, 2.45) is 19.5 Å². The number of benzene rings is 1. The molecule has 0 unspecified atom stereocenters. The van der Waals surface area contributed by atoms with Crippen LogP contribution in [0.1, 0.15) is 19.3 Å². The van der Waals surface area contributed by atoms with Crippen molar-refractivity contribution in [1.82, 2.24) is 18.3 Å². The van der Waals surface area contributed by atoms with Crippen molar-refractivity contribution >= 4 is 21.1 Å². The van der Waals surface area contributed by atoms with Crippen LogP contribution in [0.5, 0.6) is 0 Å². The van der Waals surface area contributed by atoms with Gasteiger partial charge in [0, 0.05) is 38.6 Å². The number of fused-ring (bicyclic) bond motifs is 2. The molecule has 0 spiro atoms. The first-order valence-corrected chi connectivity index (χ1v) is 11.1. The maximum atomic E-state index is 13.4. The highest BCUT2D eigenvalue weighted by atomic mass is 32.2. The van der Waals surface area contributed by atoms with Gasteiger partial charge in [0.2, 0.25) is 10.0 Å². The number of rotatable bonds is 3. The van der Waals surface area contributed by atoms with E-state index in [2.05, 4.69) is 4.90 Å². The molecule has 2 aliphatic heterocycles. The van der Waals surface area contributed by atoms with Crippen LogP contribution in [0.15, 0.2) is 27.9 Å². The van der Waals surface area contributed by atoms with E-state index in [-0.39, 0.29) is 28.6 Å². The second kappa shape index (κ2) is 6.69. The fourth-order valence-electron chi connectivity index (χ4n) is 5.00. The molecule has 28 heavy (non-hydrogen) atoms. The average molecular weight is 409 g/mol. The summed E-state index contributed by atoms with van der Waals surface area (Å²) >= 11 is 0. The standard InChI is InChI=1S/C19H28N4O4S/c1-20-9-4-7-19(13-24)8-10-23(12-17(19)20)28(26,27)14-5-6-15-16(11-14)22(3)18(25)21(15)2/h5-6,11,17,24H,4,7-10,12-13H2,1-3H3/t17-,19-/m1/s1. The molecule has 1 N–H and O–H groups in total. The molecule has 2 aromatic rings. The van der Waals surface area contributed by atoms with Gasteiger partial charge in [0.25, 0.3) is 0 Å². The lowest BCUT2D eigenvalue weighted by Crippen LogP contribution is -2.62. The van der Waals surface area contributed by atoms with Crippen molar-refractivity contribution in [1.29, 1.82) is 0 Å². The molecule has 154 valence electrons. The number of nitrogens with zero attached hydrogens (tertiary/aromatic N) is 4. The molecular formula is C19H28N4O4S. The zero-order valence-corrected chi connectivity index (χ0v) is 17.4. The molecule has 2 fully saturated rings. The summed E-state index contributed by atoms with van der Waals surface area (Å²) in [5.41, 5.74) is 0.910. The predicted octanol–water partition coefficient (Wildman–Crippen LogP) is 0.344. The summed E-state index contributed by atoms with van der Waals surface area (Å²) in [6, 6.07) is 4.87. The predicted molar refractivity (Wildman–Crippen MR) is 107 cm³/mol. The number of aliphatic hydroxyl groups excluding tert-OH is 1. The summed E-state index contributed by atoms with van der Waals surface area (Å²) in [6.07, 6.45) is 2.62. The zero-order chi connectivity index (χ0) is 20.3. The maximum absolute atomic E-state index is 13.4. The van der Waals surface area contributed by atoms with Gasteiger partial charge in [-0.3, -0.25) is 9.13 Å². The fourth-order valence-corrected chi connectivity index (χ4v) is 6.47.